The topological polar surface area (TPSA) is 92.7 Å². The van der Waals surface area contributed by atoms with E-state index in [2.05, 4.69) is 21.2 Å². The third-order valence-corrected chi connectivity index (χ3v) is 6.19. The van der Waals surface area contributed by atoms with Gasteiger partial charge in [0, 0.05) is 4.47 Å². The van der Waals surface area contributed by atoms with E-state index in [4.69, 9.17) is 9.84 Å². The Morgan fingerprint density at radius 1 is 1.10 bits per heavy atom. The largest absolute Gasteiger partial charge is 0.489 e. The summed E-state index contributed by atoms with van der Waals surface area (Å²) in [4.78, 5) is 34.4. The molecule has 0 unspecified atom stereocenters. The summed E-state index contributed by atoms with van der Waals surface area (Å²) < 4.78 is 6.65. The molecule has 2 N–H and O–H groups in total. The summed E-state index contributed by atoms with van der Waals surface area (Å²) in [6.07, 6.45) is 1.68. The summed E-state index contributed by atoms with van der Waals surface area (Å²) in [5.74, 6) is -0.674. The minimum atomic E-state index is -0.962. The second kappa shape index (κ2) is 8.33. The third kappa shape index (κ3) is 4.24. The summed E-state index contributed by atoms with van der Waals surface area (Å²) in [6.45, 7) is 0.317. The summed E-state index contributed by atoms with van der Waals surface area (Å²) in [5, 5.41) is 12.7. The van der Waals surface area contributed by atoms with E-state index in [0.717, 1.165) is 38.1 Å². The van der Waals surface area contributed by atoms with Crippen LogP contribution in [0.3, 0.4) is 0 Å². The van der Waals surface area contributed by atoms with Crippen LogP contribution in [0.25, 0.3) is 16.8 Å². The van der Waals surface area contributed by atoms with Crippen molar-refractivity contribution in [2.24, 2.45) is 0 Å². The molecule has 0 saturated carbocycles. The lowest BCUT2D eigenvalue weighted by Gasteiger charge is -2.10. The molecule has 0 bridgehead atoms. The van der Waals surface area contributed by atoms with Crippen LogP contribution in [-0.4, -0.2) is 22.2 Å². The second-order valence-electron chi connectivity index (χ2n) is 6.49. The molecule has 0 spiro atoms. The Bertz CT molecular complexity index is 1220. The van der Waals surface area contributed by atoms with Crippen LogP contribution < -0.4 is 10.1 Å². The Hall–Kier alpha value is -3.10. The fourth-order valence-electron chi connectivity index (χ4n) is 2.96. The number of carbonyl (C=O) groups is 3. The van der Waals surface area contributed by atoms with Crippen molar-refractivity contribution in [2.75, 3.05) is 0 Å². The van der Waals surface area contributed by atoms with Crippen LogP contribution in [0.15, 0.2) is 64.0 Å². The Morgan fingerprint density at radius 3 is 2.53 bits per heavy atom. The van der Waals surface area contributed by atoms with Gasteiger partial charge < -0.3 is 9.84 Å². The highest BCUT2D eigenvalue weighted by Gasteiger charge is 2.25. The first-order chi connectivity index (χ1) is 14.4. The van der Waals surface area contributed by atoms with Crippen molar-refractivity contribution in [3.63, 3.8) is 0 Å². The van der Waals surface area contributed by atoms with Gasteiger partial charge in [-0.15, -0.1) is 0 Å². The highest BCUT2D eigenvalue weighted by atomic mass is 79.9. The van der Waals surface area contributed by atoms with E-state index in [0.29, 0.717) is 17.3 Å². The van der Waals surface area contributed by atoms with E-state index in [1.807, 2.05) is 30.3 Å². The number of imide groups is 1. The van der Waals surface area contributed by atoms with Crippen LogP contribution in [0.4, 0.5) is 4.79 Å². The lowest BCUT2D eigenvalue weighted by molar-refractivity contribution is -0.115. The average Bonchev–Trinajstić information content (AvgIpc) is 3.05. The SMILES string of the molecule is O=C1NC(=O)/C(=C/c2ccc3cc(OCc4ccc(C(=O)O)cc4)ccc3c2Br)S1. The molecule has 1 saturated heterocycles. The second-order valence-corrected chi connectivity index (χ2v) is 8.30. The fourth-order valence-corrected chi connectivity index (χ4v) is 4.24. The number of carboxylic acid groups (broad SMARTS) is 1. The van der Waals surface area contributed by atoms with Crippen LogP contribution in [0.5, 0.6) is 5.75 Å². The molecular weight excluding hydrogens is 470 g/mol. The monoisotopic (exact) mass is 483 g/mol. The number of nitrogens with one attached hydrogen (secondary N) is 1. The van der Waals surface area contributed by atoms with Gasteiger partial charge in [-0.2, -0.15) is 0 Å². The van der Waals surface area contributed by atoms with Crippen molar-refractivity contribution >= 4 is 61.7 Å². The first-order valence-corrected chi connectivity index (χ1v) is 10.4. The average molecular weight is 484 g/mol. The maximum atomic E-state index is 11.8. The van der Waals surface area contributed by atoms with E-state index in [1.165, 1.54) is 0 Å². The van der Waals surface area contributed by atoms with Gasteiger partial charge in [-0.3, -0.25) is 14.9 Å². The quantitative estimate of drug-likeness (QED) is 0.484. The minimum Gasteiger partial charge on any atom is -0.489 e. The number of benzene rings is 3. The molecule has 0 aromatic heterocycles. The smallest absolute Gasteiger partial charge is 0.335 e. The van der Waals surface area contributed by atoms with E-state index < -0.39 is 11.9 Å². The minimum absolute atomic E-state index is 0.234. The van der Waals surface area contributed by atoms with E-state index in [-0.39, 0.29) is 10.8 Å². The van der Waals surface area contributed by atoms with Gasteiger partial charge in [-0.25, -0.2) is 4.79 Å². The molecule has 6 nitrogen and oxygen atoms in total. The Labute approximate surface area is 184 Å². The summed E-state index contributed by atoms with van der Waals surface area (Å²) in [5.41, 5.74) is 1.89. The van der Waals surface area contributed by atoms with Gasteiger partial charge >= 0.3 is 5.97 Å². The molecular formula is C22H14BrNO5S. The molecule has 0 radical (unpaired) electrons. The Balaban J connectivity index is 1.53. The number of ether oxygens (including phenoxy) is 1. The molecule has 2 amide bonds. The lowest BCUT2D eigenvalue weighted by Crippen LogP contribution is -2.17. The molecule has 150 valence electrons. The van der Waals surface area contributed by atoms with Gasteiger partial charge in [0.25, 0.3) is 11.1 Å². The number of carboxylic acids is 1. The van der Waals surface area contributed by atoms with Crippen molar-refractivity contribution in [3.8, 4) is 5.75 Å². The van der Waals surface area contributed by atoms with Gasteiger partial charge in [0.2, 0.25) is 0 Å². The Morgan fingerprint density at radius 2 is 1.87 bits per heavy atom. The van der Waals surface area contributed by atoms with Gasteiger partial charge in [-0.1, -0.05) is 24.3 Å². The first kappa shape index (κ1) is 20.2. The van der Waals surface area contributed by atoms with Crippen molar-refractivity contribution in [1.82, 2.24) is 5.32 Å². The zero-order valence-electron chi connectivity index (χ0n) is 15.3. The fraction of sp³-hybridized carbons (Fsp3) is 0.0455. The Kier molecular flexibility index (Phi) is 5.61. The highest BCUT2D eigenvalue weighted by molar-refractivity contribution is 9.10. The van der Waals surface area contributed by atoms with Crippen LogP contribution in [0.1, 0.15) is 21.5 Å². The van der Waals surface area contributed by atoms with Crippen molar-refractivity contribution in [1.29, 1.82) is 0 Å². The van der Waals surface area contributed by atoms with Gasteiger partial charge in [-0.05, 0) is 86.0 Å². The van der Waals surface area contributed by atoms with Gasteiger partial charge in [0.15, 0.2) is 0 Å². The number of rotatable bonds is 5. The maximum absolute atomic E-state index is 11.8. The summed E-state index contributed by atoms with van der Waals surface area (Å²) in [7, 11) is 0. The third-order valence-electron chi connectivity index (χ3n) is 4.49. The van der Waals surface area contributed by atoms with E-state index in [1.54, 1.807) is 30.3 Å². The number of carbonyl (C=O) groups excluding carboxylic acids is 2. The number of thioether (sulfide) groups is 1. The summed E-state index contributed by atoms with van der Waals surface area (Å²) in [6, 6.07) is 16.0. The molecule has 1 aliphatic rings. The number of halogens is 1. The van der Waals surface area contributed by atoms with Crippen molar-refractivity contribution < 1.29 is 24.2 Å². The zero-order valence-corrected chi connectivity index (χ0v) is 17.7. The number of amides is 2. The molecule has 1 fully saturated rings. The van der Waals surface area contributed by atoms with Gasteiger partial charge in [0.1, 0.15) is 12.4 Å². The highest BCUT2D eigenvalue weighted by Crippen LogP contribution is 2.34. The molecule has 4 rings (SSSR count). The number of hydrogen-bond donors (Lipinski definition) is 2. The van der Waals surface area contributed by atoms with Crippen LogP contribution >= 0.6 is 27.7 Å². The molecule has 3 aromatic rings. The molecule has 30 heavy (non-hydrogen) atoms. The molecule has 3 aromatic carbocycles. The van der Waals surface area contributed by atoms with E-state index >= 15 is 0 Å². The first-order valence-electron chi connectivity index (χ1n) is 8.83. The lowest BCUT2D eigenvalue weighted by atomic mass is 10.1. The molecule has 1 heterocycles. The van der Waals surface area contributed by atoms with E-state index in [9.17, 15) is 14.4 Å². The van der Waals surface area contributed by atoms with Gasteiger partial charge in [0.05, 0.1) is 10.5 Å². The predicted molar refractivity (Wildman–Crippen MR) is 118 cm³/mol. The van der Waals surface area contributed by atoms with Crippen LogP contribution in [0, 0.1) is 0 Å². The maximum Gasteiger partial charge on any atom is 0.335 e. The normalized spacial score (nSPS) is 14.9. The van der Waals surface area contributed by atoms with Crippen LogP contribution in [0.2, 0.25) is 0 Å². The molecule has 0 aliphatic carbocycles. The molecule has 8 heteroatoms. The zero-order chi connectivity index (χ0) is 21.3. The van der Waals surface area contributed by atoms with Crippen molar-refractivity contribution in [3.05, 3.63) is 80.7 Å². The standard InChI is InChI=1S/C22H14BrNO5S/c23-19-15(10-18-20(25)24-22(28)30-18)6-5-14-9-16(7-8-17(14)19)29-11-12-1-3-13(4-2-12)21(26)27/h1-10H,11H2,(H,26,27)(H,24,25,28)/b18-10-. The number of aromatic carboxylic acids is 1. The molecule has 1 aliphatic heterocycles. The molecule has 0 atom stereocenters. The van der Waals surface area contributed by atoms with Crippen molar-refractivity contribution in [2.45, 2.75) is 6.61 Å². The van der Waals surface area contributed by atoms with Crippen LogP contribution in [-0.2, 0) is 11.4 Å². The summed E-state index contributed by atoms with van der Waals surface area (Å²) >= 11 is 4.46. The number of hydrogen-bond acceptors (Lipinski definition) is 5. The predicted octanol–water partition coefficient (Wildman–Crippen LogP) is 5.20. The number of fused-ring (bicyclic) bond motifs is 1.